The number of nitrogens with two attached hydrogens (primary N) is 1. The number of aromatic nitrogens is 4. The molecule has 2 aromatic rings. The number of hydrogen-bond acceptors (Lipinski definition) is 5. The monoisotopic (exact) mass is 221 g/mol. The summed E-state index contributed by atoms with van der Waals surface area (Å²) in [5.74, 6) is 1.13. The molecule has 86 valence electrons. The molecule has 0 aliphatic carbocycles. The molecule has 16 heavy (non-hydrogen) atoms. The maximum atomic E-state index is 5.67. The summed E-state index contributed by atoms with van der Waals surface area (Å²) in [6.45, 7) is 3.86. The molecule has 0 fully saturated rings. The average molecular weight is 221 g/mol. The van der Waals surface area contributed by atoms with Crippen LogP contribution in [0, 0.1) is 6.92 Å². The minimum Gasteiger partial charge on any atom is -0.334 e. The first-order chi connectivity index (χ1) is 7.58. The Morgan fingerprint density at radius 2 is 2.31 bits per heavy atom. The second-order valence-electron chi connectivity index (χ2n) is 3.96. The fourth-order valence-electron chi connectivity index (χ4n) is 1.44. The predicted molar refractivity (Wildman–Crippen MR) is 58.6 cm³/mol. The van der Waals surface area contributed by atoms with E-state index in [1.807, 2.05) is 20.9 Å². The van der Waals surface area contributed by atoms with Gasteiger partial charge in [0.1, 0.15) is 0 Å². The summed E-state index contributed by atoms with van der Waals surface area (Å²) < 4.78 is 6.94. The van der Waals surface area contributed by atoms with E-state index in [0.29, 0.717) is 18.1 Å². The Labute approximate surface area is 93.4 Å². The molecule has 2 aromatic heterocycles. The van der Waals surface area contributed by atoms with Crippen LogP contribution in [0.2, 0.25) is 0 Å². The lowest BCUT2D eigenvalue weighted by molar-refractivity contribution is 0.420. The van der Waals surface area contributed by atoms with Crippen molar-refractivity contribution in [2.75, 3.05) is 0 Å². The van der Waals surface area contributed by atoms with Gasteiger partial charge in [0.15, 0.2) is 5.82 Å². The van der Waals surface area contributed by atoms with Crippen molar-refractivity contribution >= 4 is 0 Å². The van der Waals surface area contributed by atoms with Gasteiger partial charge in [0.05, 0.1) is 11.8 Å². The second kappa shape index (κ2) is 4.05. The van der Waals surface area contributed by atoms with E-state index >= 15 is 0 Å². The zero-order valence-electron chi connectivity index (χ0n) is 9.64. The molecule has 0 aliphatic rings. The highest BCUT2D eigenvalue weighted by Crippen LogP contribution is 2.20. The number of aryl methyl sites for hydroxylation is 1. The first-order valence-corrected chi connectivity index (χ1v) is 5.15. The van der Waals surface area contributed by atoms with Crippen LogP contribution >= 0.6 is 0 Å². The van der Waals surface area contributed by atoms with Gasteiger partial charge in [-0.1, -0.05) is 5.16 Å². The first kappa shape index (κ1) is 10.8. The van der Waals surface area contributed by atoms with Gasteiger partial charge < -0.3 is 10.3 Å². The summed E-state index contributed by atoms with van der Waals surface area (Å²) >= 11 is 0. The van der Waals surface area contributed by atoms with Crippen LogP contribution in [0.25, 0.3) is 11.5 Å². The van der Waals surface area contributed by atoms with Gasteiger partial charge in [-0.15, -0.1) is 0 Å². The van der Waals surface area contributed by atoms with Crippen LogP contribution < -0.4 is 5.73 Å². The fourth-order valence-corrected chi connectivity index (χ4v) is 1.44. The van der Waals surface area contributed by atoms with Crippen molar-refractivity contribution in [2.24, 2.45) is 12.8 Å². The second-order valence-corrected chi connectivity index (χ2v) is 3.96. The van der Waals surface area contributed by atoms with Gasteiger partial charge in [0.2, 0.25) is 0 Å². The van der Waals surface area contributed by atoms with Crippen LogP contribution in [0.5, 0.6) is 0 Å². The predicted octanol–water partition coefficient (Wildman–Crippen LogP) is 0.668. The summed E-state index contributed by atoms with van der Waals surface area (Å²) in [4.78, 5) is 4.28. The number of hydrogen-bond donors (Lipinski definition) is 1. The van der Waals surface area contributed by atoms with E-state index in [-0.39, 0.29) is 6.04 Å². The van der Waals surface area contributed by atoms with Crippen LogP contribution in [0.15, 0.2) is 10.7 Å². The molecule has 1 unspecified atom stereocenters. The standard InChI is InChI=1S/C10H15N5O/c1-6(11)4-9-13-10(16-14-9)8-5-12-15(3)7(8)2/h5-6H,4,11H2,1-3H3. The van der Waals surface area contributed by atoms with Gasteiger partial charge in [-0.3, -0.25) is 4.68 Å². The Hall–Kier alpha value is -1.69. The molecule has 0 aromatic carbocycles. The highest BCUT2D eigenvalue weighted by Gasteiger charge is 2.14. The lowest BCUT2D eigenvalue weighted by atomic mass is 10.2. The zero-order chi connectivity index (χ0) is 11.7. The molecule has 0 saturated carbocycles. The Balaban J connectivity index is 2.28. The molecular weight excluding hydrogens is 206 g/mol. The van der Waals surface area contributed by atoms with E-state index in [4.69, 9.17) is 10.3 Å². The molecule has 0 saturated heterocycles. The van der Waals surface area contributed by atoms with Gasteiger partial charge >= 0.3 is 0 Å². The summed E-state index contributed by atoms with van der Waals surface area (Å²) in [5.41, 5.74) is 7.53. The van der Waals surface area contributed by atoms with Crippen molar-refractivity contribution in [1.82, 2.24) is 19.9 Å². The van der Waals surface area contributed by atoms with Gasteiger partial charge in [0.25, 0.3) is 5.89 Å². The quantitative estimate of drug-likeness (QED) is 0.823. The summed E-state index contributed by atoms with van der Waals surface area (Å²) in [5, 5.41) is 8.01. The first-order valence-electron chi connectivity index (χ1n) is 5.15. The van der Waals surface area contributed by atoms with E-state index < -0.39 is 0 Å². The maximum Gasteiger partial charge on any atom is 0.261 e. The summed E-state index contributed by atoms with van der Waals surface area (Å²) in [6.07, 6.45) is 2.33. The van der Waals surface area contributed by atoms with Gasteiger partial charge in [-0.05, 0) is 13.8 Å². The van der Waals surface area contributed by atoms with Crippen molar-refractivity contribution in [1.29, 1.82) is 0 Å². The molecule has 0 aliphatic heterocycles. The van der Waals surface area contributed by atoms with Crippen LogP contribution in [-0.2, 0) is 13.5 Å². The van der Waals surface area contributed by atoms with Crippen molar-refractivity contribution in [3.63, 3.8) is 0 Å². The zero-order valence-corrected chi connectivity index (χ0v) is 9.64. The molecule has 1 atom stereocenters. The Morgan fingerprint density at radius 3 is 2.88 bits per heavy atom. The topological polar surface area (TPSA) is 82.8 Å². The Kier molecular flexibility index (Phi) is 2.74. The lowest BCUT2D eigenvalue weighted by Gasteiger charge is -1.97. The van der Waals surface area contributed by atoms with Crippen molar-refractivity contribution in [3.8, 4) is 11.5 Å². The largest absolute Gasteiger partial charge is 0.334 e. The van der Waals surface area contributed by atoms with Crippen molar-refractivity contribution in [2.45, 2.75) is 26.3 Å². The lowest BCUT2D eigenvalue weighted by Crippen LogP contribution is -2.18. The third-order valence-corrected chi connectivity index (χ3v) is 2.44. The fraction of sp³-hybridized carbons (Fsp3) is 0.500. The van der Waals surface area contributed by atoms with Crippen LogP contribution in [0.1, 0.15) is 18.4 Å². The van der Waals surface area contributed by atoms with E-state index in [2.05, 4.69) is 15.2 Å². The van der Waals surface area contributed by atoms with Crippen LogP contribution in [0.3, 0.4) is 0 Å². The molecule has 2 N–H and O–H groups in total. The Bertz CT molecular complexity index is 485. The molecule has 6 nitrogen and oxygen atoms in total. The molecule has 2 heterocycles. The van der Waals surface area contributed by atoms with E-state index in [0.717, 1.165) is 11.3 Å². The molecule has 0 amide bonds. The summed E-state index contributed by atoms with van der Waals surface area (Å²) in [7, 11) is 1.87. The smallest absolute Gasteiger partial charge is 0.261 e. The third-order valence-electron chi connectivity index (χ3n) is 2.44. The van der Waals surface area contributed by atoms with Crippen LogP contribution in [-0.4, -0.2) is 26.0 Å². The SMILES string of the molecule is Cc1c(-c2nc(CC(C)N)no2)cnn1C. The number of rotatable bonds is 3. The van der Waals surface area contributed by atoms with Gasteiger partial charge in [-0.25, -0.2) is 0 Å². The minimum atomic E-state index is 0.0282. The third kappa shape index (κ3) is 1.96. The van der Waals surface area contributed by atoms with Crippen molar-refractivity contribution in [3.05, 3.63) is 17.7 Å². The molecule has 0 radical (unpaired) electrons. The molecule has 0 bridgehead atoms. The molecular formula is C10H15N5O. The Morgan fingerprint density at radius 1 is 1.56 bits per heavy atom. The maximum absolute atomic E-state index is 5.67. The normalized spacial score (nSPS) is 13.0. The highest BCUT2D eigenvalue weighted by atomic mass is 16.5. The van der Waals surface area contributed by atoms with E-state index in [1.165, 1.54) is 0 Å². The van der Waals surface area contributed by atoms with Crippen LogP contribution in [0.4, 0.5) is 0 Å². The average Bonchev–Trinajstić information content (AvgIpc) is 2.75. The van der Waals surface area contributed by atoms with E-state index in [1.54, 1.807) is 10.9 Å². The van der Waals surface area contributed by atoms with E-state index in [9.17, 15) is 0 Å². The van der Waals surface area contributed by atoms with Gasteiger partial charge in [0, 0.05) is 25.2 Å². The van der Waals surface area contributed by atoms with Crippen molar-refractivity contribution < 1.29 is 4.52 Å². The molecule has 0 spiro atoms. The number of nitrogens with zero attached hydrogens (tertiary/aromatic N) is 4. The molecule has 6 heteroatoms. The minimum absolute atomic E-state index is 0.0282. The van der Waals surface area contributed by atoms with Gasteiger partial charge in [-0.2, -0.15) is 10.1 Å². The molecule has 2 rings (SSSR count). The highest BCUT2D eigenvalue weighted by molar-refractivity contribution is 5.54. The summed E-state index contributed by atoms with van der Waals surface area (Å²) in [6, 6.07) is 0.0282.